The molecule has 2 amide bonds. The zero-order valence-electron chi connectivity index (χ0n) is 11.5. The van der Waals surface area contributed by atoms with Crippen molar-refractivity contribution >= 4 is 12.0 Å². The van der Waals surface area contributed by atoms with Gasteiger partial charge in [-0.2, -0.15) is 0 Å². The van der Waals surface area contributed by atoms with Crippen LogP contribution in [-0.2, 0) is 4.79 Å². The van der Waals surface area contributed by atoms with Gasteiger partial charge in [-0.1, -0.05) is 13.8 Å². The van der Waals surface area contributed by atoms with E-state index >= 15 is 0 Å². The summed E-state index contributed by atoms with van der Waals surface area (Å²) in [7, 11) is 0. The largest absolute Gasteiger partial charge is 0.481 e. The first-order valence-corrected chi connectivity index (χ1v) is 6.62. The lowest BCUT2D eigenvalue weighted by Crippen LogP contribution is -2.45. The summed E-state index contributed by atoms with van der Waals surface area (Å²) in [6, 6.07) is -0.268. The van der Waals surface area contributed by atoms with Crippen LogP contribution in [0.5, 0.6) is 0 Å². The summed E-state index contributed by atoms with van der Waals surface area (Å²) in [5, 5.41) is 14.6. The molecule has 1 aliphatic carbocycles. The van der Waals surface area contributed by atoms with Gasteiger partial charge in [0.25, 0.3) is 0 Å². The molecule has 0 bridgehead atoms. The third-order valence-electron chi connectivity index (χ3n) is 4.27. The van der Waals surface area contributed by atoms with Crippen molar-refractivity contribution in [2.24, 2.45) is 10.8 Å². The van der Waals surface area contributed by atoms with Crippen LogP contribution >= 0.6 is 0 Å². The molecule has 104 valence electrons. The van der Waals surface area contributed by atoms with Crippen molar-refractivity contribution in [3.8, 4) is 0 Å². The molecule has 0 aromatic carbocycles. The minimum Gasteiger partial charge on any atom is -0.481 e. The lowest BCUT2D eigenvalue weighted by molar-refractivity contribution is -0.147. The standard InChI is InChI=1S/C13H24N2O3/c1-4-12(3,10(16)17)8-14-11(18)15-9-13(5-2)6-7-13/h4-9H2,1-3H3,(H,16,17)(H2,14,15,18). The van der Waals surface area contributed by atoms with E-state index in [1.807, 2.05) is 6.92 Å². The van der Waals surface area contributed by atoms with E-state index in [4.69, 9.17) is 5.11 Å². The fourth-order valence-corrected chi connectivity index (χ4v) is 1.79. The average Bonchev–Trinajstić information content (AvgIpc) is 3.14. The van der Waals surface area contributed by atoms with Crippen LogP contribution in [0.4, 0.5) is 4.79 Å². The van der Waals surface area contributed by atoms with Crippen molar-refractivity contribution in [2.45, 2.75) is 46.5 Å². The predicted octanol–water partition coefficient (Wildman–Crippen LogP) is 1.98. The number of carbonyl (C=O) groups excluding carboxylic acids is 1. The van der Waals surface area contributed by atoms with Crippen LogP contribution < -0.4 is 10.6 Å². The summed E-state index contributed by atoms with van der Waals surface area (Å²) in [5.41, 5.74) is -0.586. The number of urea groups is 1. The molecular formula is C13H24N2O3. The summed E-state index contributed by atoms with van der Waals surface area (Å²) in [5.74, 6) is -0.877. The van der Waals surface area contributed by atoms with E-state index < -0.39 is 11.4 Å². The quantitative estimate of drug-likeness (QED) is 0.651. The summed E-state index contributed by atoms with van der Waals surface area (Å²) in [6.07, 6.45) is 3.91. The van der Waals surface area contributed by atoms with E-state index in [2.05, 4.69) is 17.6 Å². The van der Waals surface area contributed by atoms with Crippen LogP contribution in [0.25, 0.3) is 0 Å². The third kappa shape index (κ3) is 3.62. The maximum atomic E-state index is 11.6. The molecule has 0 heterocycles. The summed E-state index contributed by atoms with van der Waals surface area (Å²) < 4.78 is 0. The monoisotopic (exact) mass is 256 g/mol. The van der Waals surface area contributed by atoms with E-state index in [1.165, 1.54) is 12.8 Å². The Hall–Kier alpha value is -1.26. The van der Waals surface area contributed by atoms with Crippen molar-refractivity contribution in [1.82, 2.24) is 10.6 Å². The summed E-state index contributed by atoms with van der Waals surface area (Å²) in [6.45, 7) is 6.42. The maximum absolute atomic E-state index is 11.6. The minimum atomic E-state index is -0.890. The van der Waals surface area contributed by atoms with Gasteiger partial charge in [0.1, 0.15) is 0 Å². The Balaban J connectivity index is 2.30. The molecule has 1 atom stereocenters. The van der Waals surface area contributed by atoms with Gasteiger partial charge in [0.2, 0.25) is 0 Å². The SMILES string of the molecule is CCC1(CNC(=O)NCC(C)(CC)C(=O)O)CC1. The molecule has 1 aliphatic rings. The van der Waals surface area contributed by atoms with Gasteiger partial charge in [-0.25, -0.2) is 4.79 Å². The highest BCUT2D eigenvalue weighted by Gasteiger charge is 2.40. The van der Waals surface area contributed by atoms with Gasteiger partial charge in [-0.15, -0.1) is 0 Å². The lowest BCUT2D eigenvalue weighted by atomic mass is 9.88. The zero-order chi connectivity index (χ0) is 13.8. The number of aliphatic carboxylic acids is 1. The molecule has 0 radical (unpaired) electrons. The Morgan fingerprint density at radius 2 is 1.89 bits per heavy atom. The van der Waals surface area contributed by atoms with Crippen LogP contribution in [0.1, 0.15) is 46.5 Å². The smallest absolute Gasteiger partial charge is 0.314 e. The van der Waals surface area contributed by atoms with Crippen LogP contribution in [0, 0.1) is 10.8 Å². The Bertz CT molecular complexity index is 326. The number of nitrogens with one attached hydrogen (secondary N) is 2. The number of rotatable bonds is 7. The van der Waals surface area contributed by atoms with Crippen LogP contribution in [0.2, 0.25) is 0 Å². The second-order valence-electron chi connectivity index (χ2n) is 5.61. The van der Waals surface area contributed by atoms with E-state index in [9.17, 15) is 9.59 Å². The highest BCUT2D eigenvalue weighted by molar-refractivity contribution is 5.77. The van der Waals surface area contributed by atoms with Crippen molar-refractivity contribution in [1.29, 1.82) is 0 Å². The molecule has 18 heavy (non-hydrogen) atoms. The van der Waals surface area contributed by atoms with Gasteiger partial charge in [0.05, 0.1) is 5.41 Å². The van der Waals surface area contributed by atoms with Gasteiger partial charge < -0.3 is 15.7 Å². The molecule has 1 saturated carbocycles. The number of hydrogen-bond donors (Lipinski definition) is 3. The first kappa shape index (κ1) is 14.8. The molecule has 3 N–H and O–H groups in total. The van der Waals surface area contributed by atoms with E-state index in [-0.39, 0.29) is 12.6 Å². The molecule has 1 unspecified atom stereocenters. The molecule has 0 spiro atoms. The molecule has 5 nitrogen and oxygen atoms in total. The van der Waals surface area contributed by atoms with E-state index in [0.717, 1.165) is 6.42 Å². The van der Waals surface area contributed by atoms with Crippen molar-refractivity contribution in [2.75, 3.05) is 13.1 Å². The fourth-order valence-electron chi connectivity index (χ4n) is 1.79. The second-order valence-corrected chi connectivity index (χ2v) is 5.61. The molecule has 1 fully saturated rings. The van der Waals surface area contributed by atoms with Gasteiger partial charge in [0.15, 0.2) is 0 Å². The van der Waals surface area contributed by atoms with Crippen molar-refractivity contribution < 1.29 is 14.7 Å². The second kappa shape index (κ2) is 5.59. The predicted molar refractivity (Wildman–Crippen MR) is 69.4 cm³/mol. The Morgan fingerprint density at radius 1 is 1.28 bits per heavy atom. The van der Waals surface area contributed by atoms with Crippen molar-refractivity contribution in [3.05, 3.63) is 0 Å². The van der Waals surface area contributed by atoms with Crippen LogP contribution in [0.3, 0.4) is 0 Å². The van der Waals surface area contributed by atoms with Gasteiger partial charge in [-0.05, 0) is 38.0 Å². The number of carboxylic acids is 1. The lowest BCUT2D eigenvalue weighted by Gasteiger charge is -2.23. The molecule has 0 aromatic heterocycles. The Kier molecular flexibility index (Phi) is 4.59. The number of hydrogen-bond acceptors (Lipinski definition) is 2. The van der Waals surface area contributed by atoms with Gasteiger partial charge in [-0.3, -0.25) is 4.79 Å². The topological polar surface area (TPSA) is 78.4 Å². The normalized spacial score (nSPS) is 19.7. The highest BCUT2D eigenvalue weighted by Crippen LogP contribution is 2.47. The fraction of sp³-hybridized carbons (Fsp3) is 0.846. The first-order chi connectivity index (χ1) is 8.37. The molecular weight excluding hydrogens is 232 g/mol. The highest BCUT2D eigenvalue weighted by atomic mass is 16.4. The summed E-state index contributed by atoms with van der Waals surface area (Å²) >= 11 is 0. The zero-order valence-corrected chi connectivity index (χ0v) is 11.5. The molecule has 0 saturated heterocycles. The molecule has 5 heteroatoms. The number of amides is 2. The Labute approximate surface area is 108 Å². The number of carboxylic acid groups (broad SMARTS) is 1. The number of carbonyl (C=O) groups is 2. The Morgan fingerprint density at radius 3 is 2.28 bits per heavy atom. The minimum absolute atomic E-state index is 0.157. The molecule has 0 aliphatic heterocycles. The van der Waals surface area contributed by atoms with E-state index in [0.29, 0.717) is 18.4 Å². The van der Waals surface area contributed by atoms with Gasteiger partial charge >= 0.3 is 12.0 Å². The van der Waals surface area contributed by atoms with Gasteiger partial charge in [0, 0.05) is 13.1 Å². The maximum Gasteiger partial charge on any atom is 0.314 e. The van der Waals surface area contributed by atoms with Crippen LogP contribution in [-0.4, -0.2) is 30.2 Å². The average molecular weight is 256 g/mol. The van der Waals surface area contributed by atoms with Crippen molar-refractivity contribution in [3.63, 3.8) is 0 Å². The molecule has 1 rings (SSSR count). The van der Waals surface area contributed by atoms with Crippen LogP contribution in [0.15, 0.2) is 0 Å². The van der Waals surface area contributed by atoms with E-state index in [1.54, 1.807) is 6.92 Å². The molecule has 0 aromatic rings. The third-order valence-corrected chi connectivity index (χ3v) is 4.27. The summed E-state index contributed by atoms with van der Waals surface area (Å²) in [4.78, 5) is 22.7. The first-order valence-electron chi connectivity index (χ1n) is 6.62.